The van der Waals surface area contributed by atoms with Crippen LogP contribution < -0.4 is 29.6 Å². The number of anilines is 1. The van der Waals surface area contributed by atoms with Gasteiger partial charge in [0.2, 0.25) is 0 Å². The number of carbonyl (C=O) groups is 2. The Morgan fingerprint density at radius 1 is 0.778 bits per heavy atom. The van der Waals surface area contributed by atoms with Gasteiger partial charge in [0.05, 0.1) is 34.1 Å². The minimum atomic E-state index is -0.818. The molecule has 0 atom stereocenters. The predicted molar refractivity (Wildman–Crippen MR) is 99.6 cm³/mol. The fourth-order valence-corrected chi connectivity index (χ4v) is 2.34. The Bertz CT molecular complexity index is 822. The van der Waals surface area contributed by atoms with Gasteiger partial charge in [-0.1, -0.05) is 6.07 Å². The molecule has 0 spiro atoms. The summed E-state index contributed by atoms with van der Waals surface area (Å²) in [5, 5.41) is 5.07. The summed E-state index contributed by atoms with van der Waals surface area (Å²) < 4.78 is 20.7. The van der Waals surface area contributed by atoms with Crippen molar-refractivity contribution >= 4 is 17.5 Å². The van der Waals surface area contributed by atoms with Gasteiger partial charge in [0, 0.05) is 12.6 Å². The summed E-state index contributed by atoms with van der Waals surface area (Å²) in [6.07, 6.45) is 0. The van der Waals surface area contributed by atoms with Gasteiger partial charge in [-0.25, -0.2) is 0 Å². The topological polar surface area (TPSA) is 95.1 Å². The first-order valence-electron chi connectivity index (χ1n) is 8.04. The highest BCUT2D eigenvalue weighted by Crippen LogP contribution is 2.29. The van der Waals surface area contributed by atoms with E-state index in [0.717, 1.165) is 5.56 Å². The second kappa shape index (κ2) is 9.33. The first-order valence-corrected chi connectivity index (χ1v) is 8.04. The summed E-state index contributed by atoms with van der Waals surface area (Å²) in [5.74, 6) is 0.454. The van der Waals surface area contributed by atoms with Crippen molar-refractivity contribution in [3.05, 3.63) is 42.0 Å². The molecule has 0 bridgehead atoms. The van der Waals surface area contributed by atoms with Crippen LogP contribution in [0.1, 0.15) is 5.56 Å². The molecule has 0 aliphatic heterocycles. The maximum absolute atomic E-state index is 12.2. The fourth-order valence-electron chi connectivity index (χ4n) is 2.34. The van der Waals surface area contributed by atoms with Crippen LogP contribution in [0.2, 0.25) is 0 Å². The summed E-state index contributed by atoms with van der Waals surface area (Å²) in [6, 6.07) is 10.1. The Labute approximate surface area is 157 Å². The van der Waals surface area contributed by atoms with E-state index < -0.39 is 11.8 Å². The SMILES string of the molecule is COc1ccc(OC)c(NC(=O)C(=O)NCc2ccc(OC)c(OC)c2)c1. The molecule has 0 radical (unpaired) electrons. The molecule has 8 nitrogen and oxygen atoms in total. The van der Waals surface area contributed by atoms with E-state index in [1.165, 1.54) is 28.4 Å². The van der Waals surface area contributed by atoms with Crippen molar-refractivity contribution in [2.45, 2.75) is 6.54 Å². The predicted octanol–water partition coefficient (Wildman–Crippen LogP) is 1.98. The summed E-state index contributed by atoms with van der Waals surface area (Å²) >= 11 is 0. The van der Waals surface area contributed by atoms with Gasteiger partial charge < -0.3 is 29.6 Å². The van der Waals surface area contributed by atoms with Gasteiger partial charge in [0.25, 0.3) is 0 Å². The zero-order valence-electron chi connectivity index (χ0n) is 15.6. The van der Waals surface area contributed by atoms with Crippen molar-refractivity contribution < 1.29 is 28.5 Å². The highest BCUT2D eigenvalue weighted by molar-refractivity contribution is 6.39. The molecule has 0 heterocycles. The summed E-state index contributed by atoms with van der Waals surface area (Å²) in [4.78, 5) is 24.3. The van der Waals surface area contributed by atoms with Gasteiger partial charge >= 0.3 is 11.8 Å². The van der Waals surface area contributed by atoms with Gasteiger partial charge in [-0.2, -0.15) is 0 Å². The Hall–Kier alpha value is -3.42. The molecule has 144 valence electrons. The first kappa shape index (κ1) is 19.9. The lowest BCUT2D eigenvalue weighted by Crippen LogP contribution is -2.35. The zero-order valence-corrected chi connectivity index (χ0v) is 15.6. The number of nitrogens with one attached hydrogen (secondary N) is 2. The molecule has 2 amide bonds. The van der Waals surface area contributed by atoms with Crippen molar-refractivity contribution in [1.82, 2.24) is 5.32 Å². The maximum Gasteiger partial charge on any atom is 0.313 e. The van der Waals surface area contributed by atoms with E-state index in [9.17, 15) is 9.59 Å². The summed E-state index contributed by atoms with van der Waals surface area (Å²) in [7, 11) is 6.03. The molecular formula is C19H22N2O6. The van der Waals surface area contributed by atoms with Crippen LogP contribution in [0.15, 0.2) is 36.4 Å². The molecule has 2 aromatic rings. The van der Waals surface area contributed by atoms with Crippen LogP contribution in [-0.4, -0.2) is 40.3 Å². The van der Waals surface area contributed by atoms with Crippen LogP contribution in [0, 0.1) is 0 Å². The van der Waals surface area contributed by atoms with Crippen molar-refractivity contribution in [3.8, 4) is 23.0 Å². The molecule has 0 fully saturated rings. The minimum Gasteiger partial charge on any atom is -0.497 e. The number of benzene rings is 2. The smallest absolute Gasteiger partial charge is 0.313 e. The normalized spacial score (nSPS) is 9.93. The Morgan fingerprint density at radius 2 is 1.44 bits per heavy atom. The third-order valence-electron chi connectivity index (χ3n) is 3.76. The van der Waals surface area contributed by atoms with Crippen LogP contribution in [0.25, 0.3) is 0 Å². The molecule has 27 heavy (non-hydrogen) atoms. The highest BCUT2D eigenvalue weighted by Gasteiger charge is 2.16. The summed E-state index contributed by atoms with van der Waals surface area (Å²) in [6.45, 7) is 0.155. The number of hydrogen-bond donors (Lipinski definition) is 2. The molecule has 2 N–H and O–H groups in total. The lowest BCUT2D eigenvalue weighted by Gasteiger charge is -2.12. The van der Waals surface area contributed by atoms with E-state index in [1.54, 1.807) is 36.4 Å². The lowest BCUT2D eigenvalue weighted by atomic mass is 10.2. The maximum atomic E-state index is 12.2. The largest absolute Gasteiger partial charge is 0.497 e. The fraction of sp³-hybridized carbons (Fsp3) is 0.263. The van der Waals surface area contributed by atoms with Gasteiger partial charge in [0.15, 0.2) is 11.5 Å². The Morgan fingerprint density at radius 3 is 2.07 bits per heavy atom. The average Bonchev–Trinajstić information content (AvgIpc) is 2.71. The minimum absolute atomic E-state index is 0.155. The van der Waals surface area contributed by atoms with E-state index in [2.05, 4.69) is 10.6 Å². The van der Waals surface area contributed by atoms with Gasteiger partial charge in [0.1, 0.15) is 11.5 Å². The second-order valence-electron chi connectivity index (χ2n) is 5.39. The number of rotatable bonds is 7. The molecule has 0 aromatic heterocycles. The number of ether oxygens (including phenoxy) is 4. The second-order valence-corrected chi connectivity index (χ2v) is 5.39. The Kier molecular flexibility index (Phi) is 6.87. The van der Waals surface area contributed by atoms with Crippen LogP contribution in [-0.2, 0) is 16.1 Å². The standard InChI is InChI=1S/C19H22N2O6/c1-24-13-6-8-15(25-2)14(10-13)21-19(23)18(22)20-11-12-5-7-16(26-3)17(9-12)27-4/h5-10H,11H2,1-4H3,(H,20,22)(H,21,23). The molecule has 2 rings (SSSR count). The first-order chi connectivity index (χ1) is 13.0. The Balaban J connectivity index is 2.01. The van der Waals surface area contributed by atoms with E-state index >= 15 is 0 Å². The lowest BCUT2D eigenvalue weighted by molar-refractivity contribution is -0.136. The van der Waals surface area contributed by atoms with Crippen LogP contribution in [0.4, 0.5) is 5.69 Å². The molecule has 0 aliphatic rings. The quantitative estimate of drug-likeness (QED) is 0.720. The van der Waals surface area contributed by atoms with Crippen LogP contribution in [0.3, 0.4) is 0 Å². The molecule has 0 saturated carbocycles. The summed E-state index contributed by atoms with van der Waals surface area (Å²) in [5.41, 5.74) is 1.09. The van der Waals surface area contributed by atoms with E-state index in [-0.39, 0.29) is 6.54 Å². The van der Waals surface area contributed by atoms with Crippen LogP contribution in [0.5, 0.6) is 23.0 Å². The van der Waals surface area contributed by atoms with Crippen LogP contribution >= 0.6 is 0 Å². The van der Waals surface area contributed by atoms with Crippen molar-refractivity contribution in [1.29, 1.82) is 0 Å². The number of amides is 2. The molecular weight excluding hydrogens is 352 g/mol. The van der Waals surface area contributed by atoms with E-state index in [1.807, 2.05) is 0 Å². The zero-order chi connectivity index (χ0) is 19.8. The monoisotopic (exact) mass is 374 g/mol. The average molecular weight is 374 g/mol. The van der Waals surface area contributed by atoms with E-state index in [4.69, 9.17) is 18.9 Å². The van der Waals surface area contributed by atoms with E-state index in [0.29, 0.717) is 28.7 Å². The third kappa shape index (κ3) is 5.04. The molecule has 0 aliphatic carbocycles. The van der Waals surface area contributed by atoms with Gasteiger partial charge in [-0.3, -0.25) is 9.59 Å². The molecule has 8 heteroatoms. The van der Waals surface area contributed by atoms with Crippen molar-refractivity contribution in [3.63, 3.8) is 0 Å². The van der Waals surface area contributed by atoms with Crippen molar-refractivity contribution in [2.24, 2.45) is 0 Å². The highest BCUT2D eigenvalue weighted by atomic mass is 16.5. The number of methoxy groups -OCH3 is 4. The van der Waals surface area contributed by atoms with Gasteiger partial charge in [-0.15, -0.1) is 0 Å². The van der Waals surface area contributed by atoms with Crippen molar-refractivity contribution in [2.75, 3.05) is 33.8 Å². The molecule has 0 unspecified atom stereocenters. The number of hydrogen-bond acceptors (Lipinski definition) is 6. The number of carbonyl (C=O) groups excluding carboxylic acids is 2. The third-order valence-corrected chi connectivity index (χ3v) is 3.76. The van der Waals surface area contributed by atoms with Gasteiger partial charge in [-0.05, 0) is 29.8 Å². The molecule has 0 saturated heterocycles. The molecule has 2 aromatic carbocycles.